The Balaban J connectivity index is 1.74. The van der Waals surface area contributed by atoms with Crippen LogP contribution in [0.4, 0.5) is 5.95 Å². The number of piperidine rings is 1. The van der Waals surface area contributed by atoms with Crippen molar-refractivity contribution in [1.29, 1.82) is 0 Å². The number of fused-ring (bicyclic) bond motifs is 1. The van der Waals surface area contributed by atoms with Crippen molar-refractivity contribution in [3.8, 4) is 0 Å². The van der Waals surface area contributed by atoms with E-state index in [0.717, 1.165) is 53.9 Å². The summed E-state index contributed by atoms with van der Waals surface area (Å²) in [5.74, 6) is 1.36. The maximum Gasteiger partial charge on any atom is 0.206 e. The zero-order valence-corrected chi connectivity index (χ0v) is 15.7. The normalized spacial score (nSPS) is 18.0. The molecule has 0 radical (unpaired) electrons. The number of rotatable bonds is 4. The summed E-state index contributed by atoms with van der Waals surface area (Å²) in [6, 6.07) is 16.8. The lowest BCUT2D eigenvalue weighted by atomic mass is 9.99. The third kappa shape index (κ3) is 3.44. The Bertz CT molecular complexity index is 859. The molecule has 0 spiro atoms. The summed E-state index contributed by atoms with van der Waals surface area (Å²) in [5.41, 5.74) is 3.44. The third-order valence-electron chi connectivity index (χ3n) is 4.95. The highest BCUT2D eigenvalue weighted by Crippen LogP contribution is 2.28. The van der Waals surface area contributed by atoms with Crippen LogP contribution >= 0.6 is 15.9 Å². The third-order valence-corrected chi connectivity index (χ3v) is 5.48. The molecule has 4 nitrogen and oxygen atoms in total. The van der Waals surface area contributed by atoms with Crippen LogP contribution < -0.4 is 4.90 Å². The fourth-order valence-electron chi connectivity index (χ4n) is 3.63. The molecular formula is C20H22BrN3O. The van der Waals surface area contributed by atoms with Crippen molar-refractivity contribution in [1.82, 2.24) is 9.55 Å². The van der Waals surface area contributed by atoms with Gasteiger partial charge in [-0.05, 0) is 48.6 Å². The van der Waals surface area contributed by atoms with E-state index in [4.69, 9.17) is 4.98 Å². The summed E-state index contributed by atoms with van der Waals surface area (Å²) in [4.78, 5) is 7.25. The Morgan fingerprint density at radius 1 is 1.12 bits per heavy atom. The lowest BCUT2D eigenvalue weighted by Gasteiger charge is -2.33. The molecule has 0 saturated carbocycles. The van der Waals surface area contributed by atoms with Crippen LogP contribution in [0.25, 0.3) is 11.0 Å². The van der Waals surface area contributed by atoms with Gasteiger partial charge in [0.05, 0.1) is 17.6 Å². The highest BCUT2D eigenvalue weighted by Gasteiger charge is 2.24. The molecule has 1 aliphatic heterocycles. The lowest BCUT2D eigenvalue weighted by molar-refractivity contribution is 0.208. The minimum absolute atomic E-state index is 0.253. The smallest absolute Gasteiger partial charge is 0.206 e. The molecule has 130 valence electrons. The van der Waals surface area contributed by atoms with E-state index in [1.807, 2.05) is 6.07 Å². The van der Waals surface area contributed by atoms with Gasteiger partial charge in [0.15, 0.2) is 0 Å². The number of aliphatic hydroxyl groups excluding tert-OH is 1. The van der Waals surface area contributed by atoms with E-state index in [1.165, 1.54) is 5.56 Å². The van der Waals surface area contributed by atoms with E-state index in [1.54, 1.807) is 0 Å². The quantitative estimate of drug-likeness (QED) is 0.718. The van der Waals surface area contributed by atoms with Crippen molar-refractivity contribution in [2.45, 2.75) is 19.4 Å². The fraction of sp³-hybridized carbons (Fsp3) is 0.350. The number of hydrogen-bond acceptors (Lipinski definition) is 3. The molecule has 1 N–H and O–H groups in total. The van der Waals surface area contributed by atoms with Gasteiger partial charge in [0, 0.05) is 24.2 Å². The van der Waals surface area contributed by atoms with E-state index in [0.29, 0.717) is 5.92 Å². The predicted octanol–water partition coefficient (Wildman–Crippen LogP) is 4.06. The van der Waals surface area contributed by atoms with Gasteiger partial charge in [-0.3, -0.25) is 0 Å². The molecule has 0 aliphatic carbocycles. The molecule has 0 amide bonds. The van der Waals surface area contributed by atoms with E-state index in [-0.39, 0.29) is 6.61 Å². The first-order valence-corrected chi connectivity index (χ1v) is 9.59. The summed E-state index contributed by atoms with van der Waals surface area (Å²) in [7, 11) is 0. The zero-order chi connectivity index (χ0) is 17.2. The molecule has 0 bridgehead atoms. The number of halogens is 1. The van der Waals surface area contributed by atoms with Crippen LogP contribution in [-0.4, -0.2) is 34.4 Å². The van der Waals surface area contributed by atoms with Crippen molar-refractivity contribution in [3.63, 3.8) is 0 Å². The standard InChI is InChI=1S/C20H22BrN3O/c21-17-9-7-15(8-10-17)13-24-19-6-2-1-5-18(19)22-20(24)23-11-3-4-16(12-23)14-25/h1-2,5-10,16,25H,3-4,11-14H2. The molecule has 1 unspecified atom stereocenters. The molecule has 3 aromatic rings. The van der Waals surface area contributed by atoms with Crippen molar-refractivity contribution in [2.24, 2.45) is 5.92 Å². The van der Waals surface area contributed by atoms with Crippen LogP contribution in [-0.2, 0) is 6.54 Å². The van der Waals surface area contributed by atoms with Crippen LogP contribution in [0.5, 0.6) is 0 Å². The van der Waals surface area contributed by atoms with Crippen molar-refractivity contribution in [2.75, 3.05) is 24.6 Å². The Morgan fingerprint density at radius 3 is 2.72 bits per heavy atom. The van der Waals surface area contributed by atoms with Crippen molar-refractivity contribution in [3.05, 3.63) is 58.6 Å². The van der Waals surface area contributed by atoms with Gasteiger partial charge >= 0.3 is 0 Å². The topological polar surface area (TPSA) is 41.3 Å². The largest absolute Gasteiger partial charge is 0.396 e. The summed E-state index contributed by atoms with van der Waals surface area (Å²) < 4.78 is 3.40. The molecule has 2 aromatic carbocycles. The van der Waals surface area contributed by atoms with Crippen LogP contribution in [0.2, 0.25) is 0 Å². The number of nitrogens with zero attached hydrogens (tertiary/aromatic N) is 3. The molecule has 2 heterocycles. The Morgan fingerprint density at radius 2 is 1.92 bits per heavy atom. The second-order valence-electron chi connectivity index (χ2n) is 6.75. The molecule has 1 aliphatic rings. The Hall–Kier alpha value is -1.85. The zero-order valence-electron chi connectivity index (χ0n) is 14.1. The first-order valence-electron chi connectivity index (χ1n) is 8.80. The van der Waals surface area contributed by atoms with Gasteiger partial charge in [-0.1, -0.05) is 40.2 Å². The molecular weight excluding hydrogens is 378 g/mol. The second kappa shape index (κ2) is 7.18. The maximum absolute atomic E-state index is 9.57. The number of para-hydroxylation sites is 2. The highest BCUT2D eigenvalue weighted by atomic mass is 79.9. The maximum atomic E-state index is 9.57. The predicted molar refractivity (Wildman–Crippen MR) is 105 cm³/mol. The molecule has 25 heavy (non-hydrogen) atoms. The van der Waals surface area contributed by atoms with Gasteiger partial charge in [-0.2, -0.15) is 0 Å². The molecule has 1 saturated heterocycles. The lowest BCUT2D eigenvalue weighted by Crippen LogP contribution is -2.38. The SMILES string of the molecule is OCC1CCCN(c2nc3ccccc3n2Cc2ccc(Br)cc2)C1. The van der Waals surface area contributed by atoms with E-state index >= 15 is 0 Å². The molecule has 1 atom stereocenters. The van der Waals surface area contributed by atoms with E-state index < -0.39 is 0 Å². The second-order valence-corrected chi connectivity index (χ2v) is 7.67. The molecule has 4 rings (SSSR count). The number of hydrogen-bond donors (Lipinski definition) is 1. The first kappa shape index (κ1) is 16.6. The molecule has 1 aromatic heterocycles. The average Bonchev–Trinajstić information content (AvgIpc) is 3.02. The highest BCUT2D eigenvalue weighted by molar-refractivity contribution is 9.10. The number of aromatic nitrogens is 2. The summed E-state index contributed by atoms with van der Waals surface area (Å²) in [6.45, 7) is 2.92. The Kier molecular flexibility index (Phi) is 4.77. The van der Waals surface area contributed by atoms with Crippen molar-refractivity contribution < 1.29 is 5.11 Å². The van der Waals surface area contributed by atoms with Crippen molar-refractivity contribution >= 4 is 32.9 Å². The van der Waals surface area contributed by atoms with Gasteiger partial charge in [0.25, 0.3) is 0 Å². The fourth-order valence-corrected chi connectivity index (χ4v) is 3.89. The number of anilines is 1. The van der Waals surface area contributed by atoms with Crippen LogP contribution in [0.15, 0.2) is 53.0 Å². The minimum atomic E-state index is 0.253. The van der Waals surface area contributed by atoms with Gasteiger partial charge < -0.3 is 14.6 Å². The monoisotopic (exact) mass is 399 g/mol. The average molecular weight is 400 g/mol. The van der Waals surface area contributed by atoms with Crippen LogP contribution in [0.3, 0.4) is 0 Å². The number of benzene rings is 2. The Labute approximate surface area is 156 Å². The molecule has 1 fully saturated rings. The van der Waals surface area contributed by atoms with Gasteiger partial charge in [0.1, 0.15) is 0 Å². The molecule has 5 heteroatoms. The van der Waals surface area contributed by atoms with Crippen LogP contribution in [0.1, 0.15) is 18.4 Å². The van der Waals surface area contributed by atoms with E-state index in [9.17, 15) is 5.11 Å². The van der Waals surface area contributed by atoms with E-state index in [2.05, 4.69) is 67.9 Å². The number of imidazole rings is 1. The first-order chi connectivity index (χ1) is 12.2. The summed E-state index contributed by atoms with van der Waals surface area (Å²) in [5, 5.41) is 9.57. The van der Waals surface area contributed by atoms with Gasteiger partial charge in [0.2, 0.25) is 5.95 Å². The van der Waals surface area contributed by atoms with Gasteiger partial charge in [-0.15, -0.1) is 0 Å². The van der Waals surface area contributed by atoms with Crippen LogP contribution in [0, 0.1) is 5.92 Å². The number of aliphatic hydroxyl groups is 1. The minimum Gasteiger partial charge on any atom is -0.396 e. The summed E-state index contributed by atoms with van der Waals surface area (Å²) >= 11 is 3.50. The van der Waals surface area contributed by atoms with Gasteiger partial charge in [-0.25, -0.2) is 4.98 Å². The summed E-state index contributed by atoms with van der Waals surface area (Å²) in [6.07, 6.45) is 2.20.